The third-order valence-corrected chi connectivity index (χ3v) is 6.08. The summed E-state index contributed by atoms with van der Waals surface area (Å²) in [7, 11) is 0. The van der Waals surface area contributed by atoms with Crippen LogP contribution in [0.4, 0.5) is 13.2 Å². The molecule has 1 saturated carbocycles. The molecule has 2 bridgehead atoms. The molecule has 23 heavy (non-hydrogen) atoms. The van der Waals surface area contributed by atoms with E-state index in [1.54, 1.807) is 6.92 Å². The van der Waals surface area contributed by atoms with E-state index >= 15 is 0 Å². The minimum Gasteiger partial charge on any atom is -0.456 e. The Morgan fingerprint density at radius 1 is 1.13 bits per heavy atom. The summed E-state index contributed by atoms with van der Waals surface area (Å²) >= 11 is 0. The van der Waals surface area contributed by atoms with Crippen molar-refractivity contribution in [2.24, 2.45) is 17.8 Å². The molecule has 0 aromatic heterocycles. The standard InChI is InChI=1S/C16H21F3O4/c1-8-4-5-11-9(2)12(16(17,18)19)20-13-15(11)10(8)6-7-14(3,21-13)22-23-15/h8,10-11,13H,4-7H2,1-3H3/t8-,10?,11+,13-,14+,15-/m1/s1. The first-order valence-electron chi connectivity index (χ1n) is 8.17. The molecule has 5 rings (SSSR count). The Morgan fingerprint density at radius 3 is 2.57 bits per heavy atom. The molecule has 0 amide bonds. The first-order chi connectivity index (χ1) is 10.7. The molecule has 4 heterocycles. The fourth-order valence-corrected chi connectivity index (χ4v) is 4.90. The maximum absolute atomic E-state index is 13.4. The van der Waals surface area contributed by atoms with Gasteiger partial charge in [0.2, 0.25) is 17.8 Å². The lowest BCUT2D eigenvalue weighted by atomic mass is 9.59. The van der Waals surface area contributed by atoms with Gasteiger partial charge in [-0.3, -0.25) is 0 Å². The highest BCUT2D eigenvalue weighted by molar-refractivity contribution is 5.26. The van der Waals surface area contributed by atoms with Gasteiger partial charge in [-0.25, -0.2) is 9.78 Å². The molecule has 6 atom stereocenters. The van der Waals surface area contributed by atoms with Crippen LogP contribution in [0.3, 0.4) is 0 Å². The molecule has 4 nitrogen and oxygen atoms in total. The highest BCUT2D eigenvalue weighted by atomic mass is 19.4. The fourth-order valence-electron chi connectivity index (χ4n) is 4.90. The molecule has 4 fully saturated rings. The largest absolute Gasteiger partial charge is 0.456 e. The second-order valence-corrected chi connectivity index (χ2v) is 7.48. The smallest absolute Gasteiger partial charge is 0.448 e. The van der Waals surface area contributed by atoms with Crippen molar-refractivity contribution in [3.05, 3.63) is 11.3 Å². The average molecular weight is 334 g/mol. The Labute approximate surface area is 132 Å². The molecular formula is C16H21F3O4. The van der Waals surface area contributed by atoms with Crippen molar-refractivity contribution in [2.75, 3.05) is 0 Å². The van der Waals surface area contributed by atoms with Crippen LogP contribution in [0.2, 0.25) is 0 Å². The van der Waals surface area contributed by atoms with Crippen molar-refractivity contribution in [2.45, 2.75) is 70.3 Å². The van der Waals surface area contributed by atoms with E-state index in [2.05, 4.69) is 6.92 Å². The van der Waals surface area contributed by atoms with Crippen molar-refractivity contribution < 1.29 is 32.4 Å². The number of hydrogen-bond acceptors (Lipinski definition) is 4. The van der Waals surface area contributed by atoms with Gasteiger partial charge in [0.1, 0.15) is 0 Å². The topological polar surface area (TPSA) is 36.9 Å². The van der Waals surface area contributed by atoms with E-state index in [-0.39, 0.29) is 11.5 Å². The Bertz CT molecular complexity index is 560. The molecule has 7 heteroatoms. The van der Waals surface area contributed by atoms with Gasteiger partial charge in [0, 0.05) is 18.3 Å². The molecule has 0 N–H and O–H groups in total. The van der Waals surface area contributed by atoms with Crippen LogP contribution in [0.15, 0.2) is 11.3 Å². The van der Waals surface area contributed by atoms with Gasteiger partial charge in [-0.05, 0) is 44.6 Å². The van der Waals surface area contributed by atoms with Gasteiger partial charge in [0.05, 0.1) is 0 Å². The van der Waals surface area contributed by atoms with Crippen molar-refractivity contribution in [1.82, 2.24) is 0 Å². The summed E-state index contributed by atoms with van der Waals surface area (Å²) in [6.07, 6.45) is -2.75. The van der Waals surface area contributed by atoms with E-state index in [9.17, 15) is 13.2 Å². The van der Waals surface area contributed by atoms with Gasteiger partial charge in [-0.15, -0.1) is 0 Å². The number of hydrogen-bond donors (Lipinski definition) is 0. The summed E-state index contributed by atoms with van der Waals surface area (Å²) in [6.45, 7) is 5.31. The van der Waals surface area contributed by atoms with Crippen LogP contribution in [0.1, 0.15) is 46.5 Å². The molecular weight excluding hydrogens is 313 g/mol. The quantitative estimate of drug-likeness (QED) is 0.626. The zero-order valence-electron chi connectivity index (χ0n) is 13.4. The predicted molar refractivity (Wildman–Crippen MR) is 72.6 cm³/mol. The maximum atomic E-state index is 13.4. The molecule has 1 aliphatic carbocycles. The number of allylic oxidation sites excluding steroid dienone is 1. The van der Waals surface area contributed by atoms with Gasteiger partial charge in [-0.2, -0.15) is 13.2 Å². The van der Waals surface area contributed by atoms with Gasteiger partial charge >= 0.3 is 6.18 Å². The molecule has 130 valence electrons. The van der Waals surface area contributed by atoms with Gasteiger partial charge in [-0.1, -0.05) is 6.92 Å². The lowest BCUT2D eigenvalue weighted by molar-refractivity contribution is -0.557. The number of fused-ring (bicyclic) bond motifs is 2. The van der Waals surface area contributed by atoms with Crippen molar-refractivity contribution in [3.63, 3.8) is 0 Å². The van der Waals surface area contributed by atoms with Crippen molar-refractivity contribution in [1.29, 1.82) is 0 Å². The molecule has 4 aliphatic heterocycles. The van der Waals surface area contributed by atoms with Crippen LogP contribution in [0, 0.1) is 17.8 Å². The monoisotopic (exact) mass is 334 g/mol. The van der Waals surface area contributed by atoms with Crippen LogP contribution in [0.5, 0.6) is 0 Å². The third kappa shape index (κ3) is 2.02. The first kappa shape index (κ1) is 15.7. The minimum atomic E-state index is -4.53. The molecule has 0 radical (unpaired) electrons. The SMILES string of the molecule is CC1=C(C(F)(F)F)O[C@@H]2O[C@]3(C)CCC4[C@H](C)CC[C@@H]1[C@]42OO3. The fraction of sp³-hybridized carbons (Fsp3) is 0.875. The summed E-state index contributed by atoms with van der Waals surface area (Å²) in [6, 6.07) is 0. The molecule has 3 saturated heterocycles. The number of halogens is 3. The summed E-state index contributed by atoms with van der Waals surface area (Å²) in [5.41, 5.74) is -0.782. The maximum Gasteiger partial charge on any atom is 0.448 e. The van der Waals surface area contributed by atoms with Crippen LogP contribution in [-0.4, -0.2) is 23.9 Å². The van der Waals surface area contributed by atoms with Gasteiger partial charge < -0.3 is 9.47 Å². The second kappa shape index (κ2) is 4.64. The van der Waals surface area contributed by atoms with Crippen LogP contribution < -0.4 is 0 Å². The van der Waals surface area contributed by atoms with Crippen LogP contribution in [-0.2, 0) is 19.2 Å². The van der Waals surface area contributed by atoms with Crippen LogP contribution in [0.25, 0.3) is 0 Å². The lowest BCUT2D eigenvalue weighted by Crippen LogP contribution is -2.67. The first-order valence-corrected chi connectivity index (χ1v) is 8.17. The highest BCUT2D eigenvalue weighted by Crippen LogP contribution is 2.61. The molecule has 0 aromatic carbocycles. The van der Waals surface area contributed by atoms with Crippen LogP contribution >= 0.6 is 0 Å². The van der Waals surface area contributed by atoms with Gasteiger partial charge in [0.25, 0.3) is 0 Å². The van der Waals surface area contributed by atoms with E-state index in [0.717, 1.165) is 12.8 Å². The van der Waals surface area contributed by atoms with Crippen molar-refractivity contribution >= 4 is 0 Å². The zero-order valence-corrected chi connectivity index (χ0v) is 13.4. The average Bonchev–Trinajstić information content (AvgIpc) is 2.68. The number of alkyl halides is 3. The van der Waals surface area contributed by atoms with Crippen molar-refractivity contribution in [3.8, 4) is 0 Å². The Kier molecular flexibility index (Phi) is 3.17. The molecule has 1 spiro atoms. The normalized spacial score (nSPS) is 49.5. The van der Waals surface area contributed by atoms with E-state index in [1.165, 1.54) is 6.92 Å². The molecule has 0 aromatic rings. The highest BCUT2D eigenvalue weighted by Gasteiger charge is 2.69. The Balaban J connectivity index is 1.87. The van der Waals surface area contributed by atoms with E-state index in [4.69, 9.17) is 19.2 Å². The summed E-state index contributed by atoms with van der Waals surface area (Å²) in [5.74, 6) is -2.00. The molecule has 1 unspecified atom stereocenters. The Morgan fingerprint density at radius 2 is 1.87 bits per heavy atom. The third-order valence-electron chi connectivity index (χ3n) is 6.08. The van der Waals surface area contributed by atoms with Gasteiger partial charge in [0.15, 0.2) is 5.60 Å². The Hall–Kier alpha value is -0.790. The summed E-state index contributed by atoms with van der Waals surface area (Å²) < 4.78 is 51.3. The minimum absolute atomic E-state index is 0.0558. The lowest BCUT2D eigenvalue weighted by Gasteiger charge is -2.57. The zero-order chi connectivity index (χ0) is 16.6. The number of rotatable bonds is 0. The second-order valence-electron chi connectivity index (χ2n) is 7.48. The predicted octanol–water partition coefficient (Wildman–Crippen LogP) is 4.07. The van der Waals surface area contributed by atoms with E-state index < -0.39 is 35.5 Å². The molecule has 5 aliphatic rings. The van der Waals surface area contributed by atoms with E-state index in [1.807, 2.05) is 0 Å². The number of ether oxygens (including phenoxy) is 2. The van der Waals surface area contributed by atoms with E-state index in [0.29, 0.717) is 18.8 Å². The summed E-state index contributed by atoms with van der Waals surface area (Å²) in [5, 5.41) is 0. The summed E-state index contributed by atoms with van der Waals surface area (Å²) in [4.78, 5) is 11.3.